The summed E-state index contributed by atoms with van der Waals surface area (Å²) in [6.07, 6.45) is 0. The van der Waals surface area contributed by atoms with Gasteiger partial charge in [-0.05, 0) is 61.9 Å². The van der Waals surface area contributed by atoms with Crippen molar-refractivity contribution in [2.24, 2.45) is 0 Å². The van der Waals surface area contributed by atoms with Gasteiger partial charge < -0.3 is 10.2 Å². The van der Waals surface area contributed by atoms with Crippen LogP contribution in [0.1, 0.15) is 10.4 Å². The number of hydrogen-bond donors (Lipinski definition) is 1. The first kappa shape index (κ1) is 16.5. The number of rotatable bonds is 4. The number of nitrogens with zero attached hydrogens (tertiary/aromatic N) is 2. The van der Waals surface area contributed by atoms with E-state index in [0.717, 1.165) is 32.6 Å². The quantitative estimate of drug-likeness (QED) is 0.691. The van der Waals surface area contributed by atoms with E-state index in [4.69, 9.17) is 0 Å². The minimum Gasteiger partial charge on any atom is -0.378 e. The van der Waals surface area contributed by atoms with E-state index in [-0.39, 0.29) is 5.82 Å². The van der Waals surface area contributed by atoms with Crippen LogP contribution in [0.2, 0.25) is 0 Å². The SMILES string of the molecule is Cc1cc(-c2nc(Nc3ccc(N(C)C)cc3)sc2C)ccc1F. The maximum atomic E-state index is 13.5. The second-order valence-electron chi connectivity index (χ2n) is 5.95. The lowest BCUT2D eigenvalue weighted by molar-refractivity contribution is 0.619. The van der Waals surface area contributed by atoms with Gasteiger partial charge in [0, 0.05) is 35.9 Å². The molecule has 24 heavy (non-hydrogen) atoms. The summed E-state index contributed by atoms with van der Waals surface area (Å²) >= 11 is 1.60. The Morgan fingerprint density at radius 1 is 1.04 bits per heavy atom. The Hall–Kier alpha value is -2.40. The number of anilines is 3. The van der Waals surface area contributed by atoms with E-state index in [1.54, 1.807) is 24.3 Å². The lowest BCUT2D eigenvalue weighted by atomic mass is 10.1. The Morgan fingerprint density at radius 3 is 2.38 bits per heavy atom. The monoisotopic (exact) mass is 341 g/mol. The number of benzene rings is 2. The molecule has 3 nitrogen and oxygen atoms in total. The molecule has 0 fully saturated rings. The number of thiazole rings is 1. The molecule has 2 aromatic carbocycles. The molecular formula is C19H20FN3S. The Balaban J connectivity index is 1.84. The summed E-state index contributed by atoms with van der Waals surface area (Å²) < 4.78 is 13.5. The van der Waals surface area contributed by atoms with Crippen LogP contribution < -0.4 is 10.2 Å². The molecule has 3 aromatic rings. The van der Waals surface area contributed by atoms with Crippen molar-refractivity contribution in [2.75, 3.05) is 24.3 Å². The first-order valence-corrected chi connectivity index (χ1v) is 8.54. The summed E-state index contributed by atoms with van der Waals surface area (Å²) in [5.74, 6) is -0.189. The summed E-state index contributed by atoms with van der Waals surface area (Å²) in [6, 6.07) is 13.3. The van der Waals surface area contributed by atoms with Crippen LogP contribution in [0.4, 0.5) is 20.9 Å². The van der Waals surface area contributed by atoms with Crippen LogP contribution in [-0.2, 0) is 0 Å². The zero-order chi connectivity index (χ0) is 17.3. The first-order valence-electron chi connectivity index (χ1n) is 7.72. The van der Waals surface area contributed by atoms with Crippen LogP contribution in [0.5, 0.6) is 0 Å². The van der Waals surface area contributed by atoms with Gasteiger partial charge in [-0.1, -0.05) is 0 Å². The molecule has 0 saturated heterocycles. The Kier molecular flexibility index (Phi) is 4.53. The van der Waals surface area contributed by atoms with Gasteiger partial charge in [-0.15, -0.1) is 11.3 Å². The van der Waals surface area contributed by atoms with Gasteiger partial charge in [-0.2, -0.15) is 0 Å². The standard InChI is InChI=1S/C19H20FN3S/c1-12-11-14(5-10-17(12)20)18-13(2)24-19(22-18)21-15-6-8-16(9-7-15)23(3)4/h5-11H,1-4H3,(H,21,22). The van der Waals surface area contributed by atoms with Crippen LogP contribution in [0.15, 0.2) is 42.5 Å². The molecule has 1 N–H and O–H groups in total. The Labute approximate surface area is 145 Å². The Morgan fingerprint density at radius 2 is 1.75 bits per heavy atom. The molecule has 0 saturated carbocycles. The molecule has 3 rings (SSSR count). The highest BCUT2D eigenvalue weighted by Gasteiger charge is 2.11. The van der Waals surface area contributed by atoms with Crippen molar-refractivity contribution in [1.29, 1.82) is 0 Å². The fourth-order valence-electron chi connectivity index (χ4n) is 2.48. The average molecular weight is 341 g/mol. The van der Waals surface area contributed by atoms with E-state index in [9.17, 15) is 4.39 Å². The number of aromatic nitrogens is 1. The van der Waals surface area contributed by atoms with Gasteiger partial charge in [0.05, 0.1) is 5.69 Å². The van der Waals surface area contributed by atoms with Gasteiger partial charge in [0.1, 0.15) is 5.82 Å². The highest BCUT2D eigenvalue weighted by molar-refractivity contribution is 7.16. The van der Waals surface area contributed by atoms with E-state index >= 15 is 0 Å². The molecular weight excluding hydrogens is 321 g/mol. The van der Waals surface area contributed by atoms with Crippen molar-refractivity contribution in [1.82, 2.24) is 4.98 Å². The molecule has 1 aromatic heterocycles. The summed E-state index contributed by atoms with van der Waals surface area (Å²) in [4.78, 5) is 7.84. The number of aryl methyl sites for hydroxylation is 2. The van der Waals surface area contributed by atoms with Crippen LogP contribution in [0, 0.1) is 19.7 Å². The number of hydrogen-bond acceptors (Lipinski definition) is 4. The average Bonchev–Trinajstić information content (AvgIpc) is 2.91. The summed E-state index contributed by atoms with van der Waals surface area (Å²) in [7, 11) is 4.03. The van der Waals surface area contributed by atoms with Crippen LogP contribution in [0.25, 0.3) is 11.3 Å². The number of halogens is 1. The smallest absolute Gasteiger partial charge is 0.187 e. The molecule has 0 amide bonds. The summed E-state index contributed by atoms with van der Waals surface area (Å²) in [6.45, 7) is 3.80. The lowest BCUT2D eigenvalue weighted by Gasteiger charge is -2.12. The summed E-state index contributed by atoms with van der Waals surface area (Å²) in [5, 5.41) is 4.18. The third-order valence-electron chi connectivity index (χ3n) is 3.86. The predicted molar refractivity (Wildman–Crippen MR) is 101 cm³/mol. The van der Waals surface area contributed by atoms with Gasteiger partial charge in [0.15, 0.2) is 5.13 Å². The number of nitrogens with one attached hydrogen (secondary N) is 1. The Bertz CT molecular complexity index is 854. The molecule has 1 heterocycles. The minimum absolute atomic E-state index is 0.189. The second kappa shape index (κ2) is 6.61. The van der Waals surface area contributed by atoms with E-state index in [1.807, 2.05) is 39.2 Å². The van der Waals surface area contributed by atoms with Crippen molar-refractivity contribution in [3.05, 3.63) is 58.7 Å². The van der Waals surface area contributed by atoms with Gasteiger partial charge in [-0.3, -0.25) is 0 Å². The van der Waals surface area contributed by atoms with Crippen LogP contribution in [0.3, 0.4) is 0 Å². The molecule has 0 unspecified atom stereocenters. The maximum absolute atomic E-state index is 13.5. The predicted octanol–water partition coefficient (Wildman–Crippen LogP) is 5.38. The highest BCUT2D eigenvalue weighted by Crippen LogP contribution is 2.33. The zero-order valence-electron chi connectivity index (χ0n) is 14.2. The summed E-state index contributed by atoms with van der Waals surface area (Å²) in [5.41, 5.74) is 4.62. The highest BCUT2D eigenvalue weighted by atomic mass is 32.1. The van der Waals surface area contributed by atoms with Crippen molar-refractivity contribution in [2.45, 2.75) is 13.8 Å². The molecule has 0 aliphatic rings. The van der Waals surface area contributed by atoms with E-state index < -0.39 is 0 Å². The normalized spacial score (nSPS) is 10.7. The van der Waals surface area contributed by atoms with Gasteiger partial charge in [0.25, 0.3) is 0 Å². The van der Waals surface area contributed by atoms with Crippen molar-refractivity contribution >= 4 is 27.8 Å². The molecule has 0 radical (unpaired) electrons. The molecule has 0 spiro atoms. The molecule has 0 bridgehead atoms. The lowest BCUT2D eigenvalue weighted by Crippen LogP contribution is -2.08. The molecule has 0 aliphatic carbocycles. The molecule has 0 atom stereocenters. The van der Waals surface area contributed by atoms with E-state index in [2.05, 4.69) is 27.3 Å². The van der Waals surface area contributed by atoms with E-state index in [1.165, 1.54) is 6.07 Å². The molecule has 5 heteroatoms. The second-order valence-corrected chi connectivity index (χ2v) is 7.16. The van der Waals surface area contributed by atoms with Crippen molar-refractivity contribution < 1.29 is 4.39 Å². The van der Waals surface area contributed by atoms with Gasteiger partial charge in [-0.25, -0.2) is 9.37 Å². The topological polar surface area (TPSA) is 28.2 Å². The fraction of sp³-hybridized carbons (Fsp3) is 0.211. The van der Waals surface area contributed by atoms with Crippen LogP contribution >= 0.6 is 11.3 Å². The van der Waals surface area contributed by atoms with Gasteiger partial charge >= 0.3 is 0 Å². The maximum Gasteiger partial charge on any atom is 0.187 e. The molecule has 124 valence electrons. The largest absolute Gasteiger partial charge is 0.378 e. The fourth-order valence-corrected chi connectivity index (χ4v) is 3.33. The zero-order valence-corrected chi connectivity index (χ0v) is 15.0. The van der Waals surface area contributed by atoms with E-state index in [0.29, 0.717) is 5.56 Å². The minimum atomic E-state index is -0.189. The van der Waals surface area contributed by atoms with Crippen LogP contribution in [-0.4, -0.2) is 19.1 Å². The first-order chi connectivity index (χ1) is 11.4. The molecule has 0 aliphatic heterocycles. The third-order valence-corrected chi connectivity index (χ3v) is 4.75. The van der Waals surface area contributed by atoms with Crippen molar-refractivity contribution in [3.8, 4) is 11.3 Å². The third kappa shape index (κ3) is 3.41. The van der Waals surface area contributed by atoms with Gasteiger partial charge in [0.2, 0.25) is 0 Å². The van der Waals surface area contributed by atoms with Crippen molar-refractivity contribution in [3.63, 3.8) is 0 Å².